The van der Waals surface area contributed by atoms with Gasteiger partial charge in [0.25, 0.3) is 0 Å². The van der Waals surface area contributed by atoms with Crippen LogP contribution < -0.4 is 5.32 Å². The summed E-state index contributed by atoms with van der Waals surface area (Å²) in [5.74, 6) is 1.96. The monoisotopic (exact) mass is 258 g/mol. The molecule has 1 amide bonds. The minimum absolute atomic E-state index is 0.0175. The van der Waals surface area contributed by atoms with E-state index in [1.54, 1.807) is 4.90 Å². The maximum absolute atomic E-state index is 12.1. The Labute approximate surface area is 110 Å². The summed E-state index contributed by atoms with van der Waals surface area (Å²) >= 11 is 2.00. The fraction of sp³-hybridized carbons (Fsp3) is 0.923. The van der Waals surface area contributed by atoms with E-state index in [4.69, 9.17) is 0 Å². The van der Waals surface area contributed by atoms with Crippen molar-refractivity contribution in [1.29, 1.82) is 0 Å². The molecular weight excluding hydrogens is 232 g/mol. The lowest BCUT2D eigenvalue weighted by Gasteiger charge is -2.27. The average Bonchev–Trinajstić information content (AvgIpc) is 2.61. The first-order chi connectivity index (χ1) is 7.91. The molecule has 3 atom stereocenters. The van der Waals surface area contributed by atoms with Crippen LogP contribution in [0.4, 0.5) is 0 Å². The summed E-state index contributed by atoms with van der Waals surface area (Å²) in [5.41, 5.74) is 0. The molecule has 100 valence electrons. The van der Waals surface area contributed by atoms with Crippen molar-refractivity contribution in [3.63, 3.8) is 0 Å². The molecular formula is C13H26N2OS. The standard InChI is InChI=1S/C13H26N2OS/c1-9(2)8-12(13(16)15(4)5)14-11-6-7-17-10(11)3/h9-12,14H,6-8H2,1-5H3. The topological polar surface area (TPSA) is 32.3 Å². The van der Waals surface area contributed by atoms with E-state index in [0.717, 1.165) is 6.42 Å². The van der Waals surface area contributed by atoms with Crippen LogP contribution >= 0.6 is 11.8 Å². The van der Waals surface area contributed by atoms with Crippen molar-refractivity contribution in [2.45, 2.75) is 50.9 Å². The Morgan fingerprint density at radius 1 is 1.47 bits per heavy atom. The lowest BCUT2D eigenvalue weighted by atomic mass is 10.0. The van der Waals surface area contributed by atoms with Gasteiger partial charge in [-0.2, -0.15) is 11.8 Å². The fourth-order valence-electron chi connectivity index (χ4n) is 2.23. The maximum Gasteiger partial charge on any atom is 0.239 e. The number of hydrogen-bond donors (Lipinski definition) is 1. The van der Waals surface area contributed by atoms with Crippen molar-refractivity contribution in [2.75, 3.05) is 19.8 Å². The van der Waals surface area contributed by atoms with Crippen molar-refractivity contribution in [3.05, 3.63) is 0 Å². The fourth-order valence-corrected chi connectivity index (χ4v) is 3.44. The first kappa shape index (κ1) is 14.8. The number of hydrogen-bond acceptors (Lipinski definition) is 3. The Kier molecular flexibility index (Phi) is 5.80. The van der Waals surface area contributed by atoms with Crippen LogP contribution in [0.5, 0.6) is 0 Å². The molecule has 1 fully saturated rings. The molecule has 1 aliphatic heterocycles. The molecule has 4 heteroatoms. The van der Waals surface area contributed by atoms with Crippen molar-refractivity contribution in [2.24, 2.45) is 5.92 Å². The molecule has 0 aromatic heterocycles. The van der Waals surface area contributed by atoms with Crippen LogP contribution in [0.15, 0.2) is 0 Å². The van der Waals surface area contributed by atoms with E-state index in [9.17, 15) is 4.79 Å². The lowest BCUT2D eigenvalue weighted by molar-refractivity contribution is -0.131. The largest absolute Gasteiger partial charge is 0.347 e. The number of amides is 1. The molecule has 0 aromatic rings. The van der Waals surface area contributed by atoms with Crippen LogP contribution in [0, 0.1) is 5.92 Å². The van der Waals surface area contributed by atoms with E-state index < -0.39 is 0 Å². The number of carbonyl (C=O) groups is 1. The van der Waals surface area contributed by atoms with Crippen LogP contribution in [0.3, 0.4) is 0 Å². The summed E-state index contributed by atoms with van der Waals surface area (Å²) in [6.07, 6.45) is 2.10. The second kappa shape index (κ2) is 6.64. The highest BCUT2D eigenvalue weighted by atomic mass is 32.2. The molecule has 0 spiro atoms. The van der Waals surface area contributed by atoms with Crippen molar-refractivity contribution in [3.8, 4) is 0 Å². The molecule has 0 radical (unpaired) electrons. The highest BCUT2D eigenvalue weighted by Crippen LogP contribution is 2.27. The quantitative estimate of drug-likeness (QED) is 0.818. The zero-order valence-electron chi connectivity index (χ0n) is 11.7. The van der Waals surface area contributed by atoms with Crippen LogP contribution in [0.2, 0.25) is 0 Å². The third kappa shape index (κ3) is 4.51. The highest BCUT2D eigenvalue weighted by Gasteiger charge is 2.29. The number of carbonyl (C=O) groups excluding carboxylic acids is 1. The summed E-state index contributed by atoms with van der Waals surface area (Å²) < 4.78 is 0. The van der Waals surface area contributed by atoms with E-state index in [1.807, 2.05) is 25.9 Å². The first-order valence-electron chi connectivity index (χ1n) is 6.50. The van der Waals surface area contributed by atoms with Gasteiger partial charge < -0.3 is 10.2 Å². The van der Waals surface area contributed by atoms with Gasteiger partial charge in [0.15, 0.2) is 0 Å². The molecule has 0 aliphatic carbocycles. The Hall–Kier alpha value is -0.220. The minimum atomic E-state index is -0.0175. The van der Waals surface area contributed by atoms with Gasteiger partial charge in [0, 0.05) is 25.4 Å². The van der Waals surface area contributed by atoms with Gasteiger partial charge >= 0.3 is 0 Å². The molecule has 3 nitrogen and oxygen atoms in total. The predicted molar refractivity (Wildman–Crippen MR) is 75.4 cm³/mol. The number of nitrogens with one attached hydrogen (secondary N) is 1. The van der Waals surface area contributed by atoms with E-state index in [1.165, 1.54) is 12.2 Å². The summed E-state index contributed by atoms with van der Waals surface area (Å²) in [5, 5.41) is 4.19. The lowest BCUT2D eigenvalue weighted by Crippen LogP contribution is -2.50. The smallest absolute Gasteiger partial charge is 0.239 e. The molecule has 0 saturated carbocycles. The van der Waals surface area contributed by atoms with E-state index >= 15 is 0 Å². The van der Waals surface area contributed by atoms with Gasteiger partial charge in [0.2, 0.25) is 5.91 Å². The summed E-state index contributed by atoms with van der Waals surface area (Å²) in [7, 11) is 3.67. The molecule has 1 heterocycles. The number of likely N-dealkylation sites (N-methyl/N-ethyl adjacent to an activating group) is 1. The maximum atomic E-state index is 12.1. The van der Waals surface area contributed by atoms with Crippen molar-refractivity contribution in [1.82, 2.24) is 10.2 Å². The molecule has 1 rings (SSSR count). The second-order valence-electron chi connectivity index (χ2n) is 5.55. The number of nitrogens with zero attached hydrogens (tertiary/aromatic N) is 1. The Morgan fingerprint density at radius 3 is 2.53 bits per heavy atom. The van der Waals surface area contributed by atoms with Gasteiger partial charge in [-0.15, -0.1) is 0 Å². The zero-order valence-corrected chi connectivity index (χ0v) is 12.5. The third-order valence-corrected chi connectivity index (χ3v) is 4.56. The first-order valence-corrected chi connectivity index (χ1v) is 7.55. The van der Waals surface area contributed by atoms with Crippen LogP contribution in [-0.2, 0) is 4.79 Å². The predicted octanol–water partition coefficient (Wildman–Crippen LogP) is 1.97. The molecule has 0 bridgehead atoms. The van der Waals surface area contributed by atoms with Gasteiger partial charge in [0.05, 0.1) is 6.04 Å². The second-order valence-corrected chi connectivity index (χ2v) is 7.04. The summed E-state index contributed by atoms with van der Waals surface area (Å²) in [6, 6.07) is 0.476. The van der Waals surface area contributed by atoms with Crippen molar-refractivity contribution >= 4 is 17.7 Å². The molecule has 0 aromatic carbocycles. The molecule has 3 unspecified atom stereocenters. The Bertz CT molecular complexity index is 256. The molecule has 1 saturated heterocycles. The molecule has 1 N–H and O–H groups in total. The molecule has 17 heavy (non-hydrogen) atoms. The number of thioether (sulfide) groups is 1. The summed E-state index contributed by atoms with van der Waals surface area (Å²) in [6.45, 7) is 6.59. The van der Waals surface area contributed by atoms with Crippen molar-refractivity contribution < 1.29 is 4.79 Å². The van der Waals surface area contributed by atoms with Gasteiger partial charge in [-0.05, 0) is 24.5 Å². The summed E-state index contributed by atoms with van der Waals surface area (Å²) in [4.78, 5) is 13.8. The SMILES string of the molecule is CC(C)CC(NC1CCSC1C)C(=O)N(C)C. The minimum Gasteiger partial charge on any atom is -0.347 e. The normalized spacial score (nSPS) is 26.2. The van der Waals surface area contributed by atoms with Crippen LogP contribution in [-0.4, -0.2) is 48.0 Å². The van der Waals surface area contributed by atoms with Gasteiger partial charge in [-0.1, -0.05) is 20.8 Å². The zero-order chi connectivity index (χ0) is 13.0. The van der Waals surface area contributed by atoms with Gasteiger partial charge in [0.1, 0.15) is 0 Å². The van der Waals surface area contributed by atoms with Crippen LogP contribution in [0.25, 0.3) is 0 Å². The van der Waals surface area contributed by atoms with E-state index in [2.05, 4.69) is 26.1 Å². The van der Waals surface area contributed by atoms with E-state index in [-0.39, 0.29) is 11.9 Å². The highest BCUT2D eigenvalue weighted by molar-refractivity contribution is 8.00. The Balaban J connectivity index is 2.59. The van der Waals surface area contributed by atoms with Crippen LogP contribution in [0.1, 0.15) is 33.6 Å². The van der Waals surface area contributed by atoms with Gasteiger partial charge in [-0.3, -0.25) is 4.79 Å². The average molecular weight is 258 g/mol. The third-order valence-electron chi connectivity index (χ3n) is 3.24. The number of rotatable bonds is 5. The van der Waals surface area contributed by atoms with E-state index in [0.29, 0.717) is 17.2 Å². The van der Waals surface area contributed by atoms with Gasteiger partial charge in [-0.25, -0.2) is 0 Å². The Morgan fingerprint density at radius 2 is 2.12 bits per heavy atom. The molecule has 1 aliphatic rings.